The summed E-state index contributed by atoms with van der Waals surface area (Å²) in [5.74, 6) is -0.783. The molecule has 0 fully saturated rings. The molecule has 0 saturated heterocycles. The molecule has 2 aromatic carbocycles. The van der Waals surface area contributed by atoms with Gasteiger partial charge in [-0.1, -0.05) is 36.4 Å². The second-order valence-corrected chi connectivity index (χ2v) is 5.07. The van der Waals surface area contributed by atoms with E-state index in [0.29, 0.717) is 6.54 Å². The van der Waals surface area contributed by atoms with Crippen molar-refractivity contribution >= 4 is 16.7 Å². The Morgan fingerprint density at radius 1 is 1.16 bits per heavy atom. The van der Waals surface area contributed by atoms with Crippen LogP contribution in [-0.4, -0.2) is 28.6 Å². The van der Waals surface area contributed by atoms with Gasteiger partial charge in [0, 0.05) is 12.6 Å². The van der Waals surface area contributed by atoms with E-state index in [2.05, 4.69) is 30.3 Å². The predicted molar refractivity (Wildman–Crippen MR) is 77.1 cm³/mol. The lowest BCUT2D eigenvalue weighted by molar-refractivity contribution is -0.138. The summed E-state index contributed by atoms with van der Waals surface area (Å²) in [6.45, 7) is 4.77. The van der Waals surface area contributed by atoms with Crippen molar-refractivity contribution in [3.8, 4) is 0 Å². The molecular weight excluding hydrogens is 238 g/mol. The van der Waals surface area contributed by atoms with E-state index in [4.69, 9.17) is 5.11 Å². The summed E-state index contributed by atoms with van der Waals surface area (Å²) in [5, 5.41) is 11.3. The molecule has 0 aromatic heterocycles. The largest absolute Gasteiger partial charge is 0.480 e. The molecule has 0 aliphatic carbocycles. The molecule has 0 bridgehead atoms. The van der Waals surface area contributed by atoms with E-state index >= 15 is 0 Å². The first-order chi connectivity index (χ1) is 9.06. The van der Waals surface area contributed by atoms with Gasteiger partial charge in [-0.2, -0.15) is 0 Å². The smallest absolute Gasteiger partial charge is 0.317 e. The summed E-state index contributed by atoms with van der Waals surface area (Å²) < 4.78 is 0. The van der Waals surface area contributed by atoms with Gasteiger partial charge in [-0.15, -0.1) is 0 Å². The van der Waals surface area contributed by atoms with Crippen molar-refractivity contribution in [1.82, 2.24) is 4.90 Å². The third-order valence-electron chi connectivity index (χ3n) is 3.27. The maximum Gasteiger partial charge on any atom is 0.317 e. The van der Waals surface area contributed by atoms with Crippen LogP contribution in [0.1, 0.15) is 19.4 Å². The summed E-state index contributed by atoms with van der Waals surface area (Å²) in [7, 11) is 0. The number of carbonyl (C=O) groups is 1. The van der Waals surface area contributed by atoms with Crippen LogP contribution in [-0.2, 0) is 11.3 Å². The van der Waals surface area contributed by atoms with Crippen molar-refractivity contribution in [2.75, 3.05) is 6.54 Å². The van der Waals surface area contributed by atoms with Crippen LogP contribution in [0.15, 0.2) is 42.5 Å². The number of rotatable bonds is 5. The topological polar surface area (TPSA) is 40.5 Å². The molecule has 0 unspecified atom stereocenters. The lowest BCUT2D eigenvalue weighted by atomic mass is 10.1. The van der Waals surface area contributed by atoms with Crippen LogP contribution in [0.2, 0.25) is 0 Å². The number of nitrogens with zero attached hydrogens (tertiary/aromatic N) is 1. The molecular formula is C16H19NO2. The van der Waals surface area contributed by atoms with Gasteiger partial charge in [0.05, 0.1) is 6.54 Å². The number of hydrogen-bond donors (Lipinski definition) is 1. The molecule has 0 amide bonds. The molecule has 2 aromatic rings. The zero-order valence-corrected chi connectivity index (χ0v) is 11.3. The fourth-order valence-electron chi connectivity index (χ4n) is 2.17. The minimum Gasteiger partial charge on any atom is -0.480 e. The molecule has 0 saturated carbocycles. The Hall–Kier alpha value is -1.87. The summed E-state index contributed by atoms with van der Waals surface area (Å²) in [6, 6.07) is 14.7. The van der Waals surface area contributed by atoms with Crippen LogP contribution in [0.5, 0.6) is 0 Å². The van der Waals surface area contributed by atoms with Gasteiger partial charge in [-0.3, -0.25) is 9.69 Å². The summed E-state index contributed by atoms with van der Waals surface area (Å²) >= 11 is 0. The maximum atomic E-state index is 10.9. The molecule has 3 nitrogen and oxygen atoms in total. The molecule has 3 heteroatoms. The third-order valence-corrected chi connectivity index (χ3v) is 3.27. The highest BCUT2D eigenvalue weighted by Gasteiger charge is 2.13. The van der Waals surface area contributed by atoms with Crippen molar-refractivity contribution in [3.63, 3.8) is 0 Å². The molecule has 2 rings (SSSR count). The quantitative estimate of drug-likeness (QED) is 0.894. The highest BCUT2D eigenvalue weighted by molar-refractivity contribution is 5.83. The minimum absolute atomic E-state index is 0.0739. The fourth-order valence-corrected chi connectivity index (χ4v) is 2.17. The monoisotopic (exact) mass is 257 g/mol. The molecule has 0 aliphatic rings. The van der Waals surface area contributed by atoms with Crippen LogP contribution in [0, 0.1) is 0 Å². The zero-order valence-electron chi connectivity index (χ0n) is 11.3. The number of hydrogen-bond acceptors (Lipinski definition) is 2. The van der Waals surface area contributed by atoms with Crippen LogP contribution >= 0.6 is 0 Å². The Balaban J connectivity index is 2.21. The summed E-state index contributed by atoms with van der Waals surface area (Å²) in [6.07, 6.45) is 0. The highest BCUT2D eigenvalue weighted by atomic mass is 16.4. The van der Waals surface area contributed by atoms with Gasteiger partial charge in [0.2, 0.25) is 0 Å². The first-order valence-electron chi connectivity index (χ1n) is 6.50. The second kappa shape index (κ2) is 5.85. The number of carboxylic acid groups (broad SMARTS) is 1. The van der Waals surface area contributed by atoms with Crippen LogP contribution < -0.4 is 0 Å². The molecule has 0 heterocycles. The third kappa shape index (κ3) is 3.55. The van der Waals surface area contributed by atoms with Crippen molar-refractivity contribution < 1.29 is 9.90 Å². The van der Waals surface area contributed by atoms with Crippen molar-refractivity contribution in [1.29, 1.82) is 0 Å². The Bertz CT molecular complexity index is 578. The second-order valence-electron chi connectivity index (χ2n) is 5.07. The molecule has 19 heavy (non-hydrogen) atoms. The Morgan fingerprint density at radius 3 is 2.47 bits per heavy atom. The van der Waals surface area contributed by atoms with Gasteiger partial charge in [-0.25, -0.2) is 0 Å². The lowest BCUT2D eigenvalue weighted by Crippen LogP contribution is -2.35. The van der Waals surface area contributed by atoms with E-state index in [1.165, 1.54) is 10.8 Å². The number of carboxylic acids is 1. The van der Waals surface area contributed by atoms with Crippen molar-refractivity contribution in [3.05, 3.63) is 48.0 Å². The number of aliphatic carboxylic acids is 1. The standard InChI is InChI=1S/C16H19NO2/c1-12(2)17(11-16(18)19)10-13-7-8-14-5-3-4-6-15(14)9-13/h3-9,12H,10-11H2,1-2H3,(H,18,19). The van der Waals surface area contributed by atoms with Crippen LogP contribution in [0.25, 0.3) is 10.8 Å². The van der Waals surface area contributed by atoms with Gasteiger partial charge >= 0.3 is 5.97 Å². The van der Waals surface area contributed by atoms with Gasteiger partial charge < -0.3 is 5.11 Å². The SMILES string of the molecule is CC(C)N(CC(=O)O)Cc1ccc2ccccc2c1. The highest BCUT2D eigenvalue weighted by Crippen LogP contribution is 2.17. The summed E-state index contributed by atoms with van der Waals surface area (Å²) in [5.41, 5.74) is 1.15. The first-order valence-corrected chi connectivity index (χ1v) is 6.50. The number of fused-ring (bicyclic) bond motifs is 1. The number of benzene rings is 2. The van der Waals surface area contributed by atoms with E-state index in [1.807, 2.05) is 30.9 Å². The van der Waals surface area contributed by atoms with Gasteiger partial charge in [0.25, 0.3) is 0 Å². The predicted octanol–water partition coefficient (Wildman–Crippen LogP) is 3.13. The first kappa shape index (κ1) is 13.6. The fraction of sp³-hybridized carbons (Fsp3) is 0.312. The van der Waals surface area contributed by atoms with E-state index in [9.17, 15) is 4.79 Å². The van der Waals surface area contributed by atoms with Crippen LogP contribution in [0.4, 0.5) is 0 Å². The molecule has 0 spiro atoms. The normalized spacial score (nSPS) is 11.4. The van der Waals surface area contributed by atoms with Crippen molar-refractivity contribution in [2.24, 2.45) is 0 Å². The zero-order chi connectivity index (χ0) is 13.8. The van der Waals surface area contributed by atoms with Gasteiger partial charge in [0.1, 0.15) is 0 Å². The lowest BCUT2D eigenvalue weighted by Gasteiger charge is -2.24. The average Bonchev–Trinajstić information content (AvgIpc) is 2.37. The van der Waals surface area contributed by atoms with E-state index in [1.54, 1.807) is 0 Å². The molecule has 100 valence electrons. The van der Waals surface area contributed by atoms with E-state index in [0.717, 1.165) is 5.56 Å². The van der Waals surface area contributed by atoms with Crippen molar-refractivity contribution in [2.45, 2.75) is 26.4 Å². The average molecular weight is 257 g/mol. The summed E-state index contributed by atoms with van der Waals surface area (Å²) in [4.78, 5) is 12.8. The van der Waals surface area contributed by atoms with Gasteiger partial charge in [0.15, 0.2) is 0 Å². The Labute approximate surface area is 113 Å². The molecule has 0 radical (unpaired) electrons. The van der Waals surface area contributed by atoms with Gasteiger partial charge in [-0.05, 0) is 36.2 Å². The van der Waals surface area contributed by atoms with E-state index < -0.39 is 5.97 Å². The van der Waals surface area contributed by atoms with Crippen LogP contribution in [0.3, 0.4) is 0 Å². The molecule has 1 N–H and O–H groups in total. The van der Waals surface area contributed by atoms with E-state index in [-0.39, 0.29) is 12.6 Å². The molecule has 0 aliphatic heterocycles. The Morgan fingerprint density at radius 2 is 1.84 bits per heavy atom. The Kier molecular flexibility index (Phi) is 4.17. The molecule has 0 atom stereocenters. The maximum absolute atomic E-state index is 10.9. The minimum atomic E-state index is -0.783.